The second-order valence-corrected chi connectivity index (χ2v) is 2.94. The molecule has 0 unspecified atom stereocenters. The minimum atomic E-state index is 0.785. The molecule has 0 saturated carbocycles. The third-order valence-electron chi connectivity index (χ3n) is 1.86. The molecule has 0 aromatic heterocycles. The van der Waals surface area contributed by atoms with Crippen molar-refractivity contribution in [2.24, 2.45) is 0 Å². The molecule has 0 heterocycles. The molecule has 0 spiro atoms. The van der Waals surface area contributed by atoms with E-state index in [2.05, 4.69) is 6.92 Å². The molecule has 0 aliphatic rings. The first-order valence-corrected chi connectivity index (χ1v) is 4.56. The summed E-state index contributed by atoms with van der Waals surface area (Å²) in [5.74, 6) is 0.785. The van der Waals surface area contributed by atoms with E-state index in [0.717, 1.165) is 12.2 Å². The van der Waals surface area contributed by atoms with Crippen molar-refractivity contribution in [1.29, 1.82) is 0 Å². The molecule has 0 amide bonds. The van der Waals surface area contributed by atoms with Crippen LogP contribution in [0.15, 0.2) is 24.3 Å². The van der Waals surface area contributed by atoms with E-state index >= 15 is 0 Å². The molecule has 0 saturated heterocycles. The lowest BCUT2D eigenvalue weighted by Gasteiger charge is -2.03. The van der Waals surface area contributed by atoms with Crippen molar-refractivity contribution in [1.82, 2.24) is 0 Å². The van der Waals surface area contributed by atoms with Gasteiger partial charge in [-0.2, -0.15) is 0 Å². The van der Waals surface area contributed by atoms with Crippen LogP contribution in [-0.2, 0) is 6.42 Å². The van der Waals surface area contributed by atoms with Crippen LogP contribution < -0.4 is 4.29 Å². The molecule has 0 N–H and O–H groups in total. The zero-order valence-electron chi connectivity index (χ0n) is 7.22. The van der Waals surface area contributed by atoms with Crippen molar-refractivity contribution in [3.05, 3.63) is 29.8 Å². The van der Waals surface area contributed by atoms with Gasteiger partial charge < -0.3 is 4.29 Å². The number of rotatable bonds is 4. The Morgan fingerprint density at radius 1 is 1.33 bits per heavy atom. The fourth-order valence-electron chi connectivity index (χ4n) is 1.15. The van der Waals surface area contributed by atoms with Crippen LogP contribution in [0, 0.1) is 0 Å². The van der Waals surface area contributed by atoms with Gasteiger partial charge in [0.2, 0.25) is 0 Å². The fraction of sp³-hybridized carbons (Fsp3) is 0.400. The zero-order valence-corrected chi connectivity index (χ0v) is 7.97. The largest absolute Gasteiger partial charge is 0.385 e. The fourth-order valence-corrected chi connectivity index (χ4v) is 1.30. The van der Waals surface area contributed by atoms with Gasteiger partial charge in [0.25, 0.3) is 0 Å². The molecule has 0 aliphatic heterocycles. The standard InChI is InChI=1S/C10H13ClO/c1-2-3-6-9-7-4-5-8-10(9)12-11/h4-5,7-8H,2-3,6H2,1H3. The summed E-state index contributed by atoms with van der Waals surface area (Å²) < 4.78 is 4.71. The molecule has 0 aliphatic carbocycles. The predicted molar refractivity (Wildman–Crippen MR) is 51.5 cm³/mol. The molecule has 0 bridgehead atoms. The number of halogens is 1. The van der Waals surface area contributed by atoms with E-state index in [1.807, 2.05) is 24.3 Å². The Labute approximate surface area is 78.5 Å². The predicted octanol–water partition coefficient (Wildman–Crippen LogP) is 3.56. The average molecular weight is 185 g/mol. The van der Waals surface area contributed by atoms with Gasteiger partial charge in [-0.3, -0.25) is 0 Å². The quantitative estimate of drug-likeness (QED) is 0.695. The molecule has 66 valence electrons. The lowest BCUT2D eigenvalue weighted by atomic mass is 10.1. The minimum absolute atomic E-state index is 0.785. The van der Waals surface area contributed by atoms with Gasteiger partial charge >= 0.3 is 0 Å². The van der Waals surface area contributed by atoms with Crippen molar-refractivity contribution in [2.75, 3.05) is 0 Å². The van der Waals surface area contributed by atoms with E-state index in [4.69, 9.17) is 16.2 Å². The SMILES string of the molecule is CCCCc1ccccc1OCl. The normalized spacial score (nSPS) is 9.83. The van der Waals surface area contributed by atoms with E-state index in [0.29, 0.717) is 0 Å². The molecule has 1 aromatic rings. The molecule has 0 fully saturated rings. The topological polar surface area (TPSA) is 9.23 Å². The molecule has 1 nitrogen and oxygen atoms in total. The van der Waals surface area contributed by atoms with Gasteiger partial charge in [-0.1, -0.05) is 31.5 Å². The summed E-state index contributed by atoms with van der Waals surface area (Å²) in [4.78, 5) is 0. The number of para-hydroxylation sites is 1. The van der Waals surface area contributed by atoms with Crippen LogP contribution in [0.2, 0.25) is 0 Å². The molecular weight excluding hydrogens is 172 g/mol. The van der Waals surface area contributed by atoms with Crippen LogP contribution in [0.1, 0.15) is 25.3 Å². The van der Waals surface area contributed by atoms with Crippen molar-refractivity contribution in [3.8, 4) is 5.75 Å². The summed E-state index contributed by atoms with van der Waals surface area (Å²) >= 11 is 5.31. The van der Waals surface area contributed by atoms with E-state index in [9.17, 15) is 0 Å². The van der Waals surface area contributed by atoms with E-state index in [1.54, 1.807) is 0 Å². The summed E-state index contributed by atoms with van der Waals surface area (Å²) in [5, 5.41) is 0. The van der Waals surface area contributed by atoms with Crippen LogP contribution in [-0.4, -0.2) is 0 Å². The first-order chi connectivity index (χ1) is 5.88. The van der Waals surface area contributed by atoms with Gasteiger partial charge in [-0.05, 0) is 24.5 Å². The Morgan fingerprint density at radius 2 is 2.08 bits per heavy atom. The lowest BCUT2D eigenvalue weighted by molar-refractivity contribution is 0.603. The molecular formula is C10H13ClO. The van der Waals surface area contributed by atoms with Crippen LogP contribution >= 0.6 is 11.9 Å². The number of hydrogen-bond donors (Lipinski definition) is 0. The van der Waals surface area contributed by atoms with Crippen molar-refractivity contribution in [3.63, 3.8) is 0 Å². The number of benzene rings is 1. The number of aryl methyl sites for hydroxylation is 1. The van der Waals surface area contributed by atoms with Crippen molar-refractivity contribution in [2.45, 2.75) is 26.2 Å². The molecule has 1 aromatic carbocycles. The van der Waals surface area contributed by atoms with Gasteiger partial charge in [0.05, 0.1) is 0 Å². The highest BCUT2D eigenvalue weighted by Gasteiger charge is 2.00. The Morgan fingerprint density at radius 3 is 2.75 bits per heavy atom. The monoisotopic (exact) mass is 184 g/mol. The maximum atomic E-state index is 5.31. The summed E-state index contributed by atoms with van der Waals surface area (Å²) in [5.41, 5.74) is 1.19. The van der Waals surface area contributed by atoms with Crippen LogP contribution in [0.5, 0.6) is 5.75 Å². The Bertz CT molecular complexity index is 235. The number of unbranched alkanes of at least 4 members (excludes halogenated alkanes) is 1. The Kier molecular flexibility index (Phi) is 3.95. The Hall–Kier alpha value is -0.690. The Balaban J connectivity index is 2.68. The van der Waals surface area contributed by atoms with E-state index < -0.39 is 0 Å². The van der Waals surface area contributed by atoms with Gasteiger partial charge in [0, 0.05) is 0 Å². The molecule has 0 atom stereocenters. The first-order valence-electron chi connectivity index (χ1n) is 4.25. The summed E-state index contributed by atoms with van der Waals surface area (Å²) in [6.45, 7) is 2.17. The molecule has 1 rings (SSSR count). The average Bonchev–Trinajstić information content (AvgIpc) is 2.15. The third kappa shape index (κ3) is 2.42. The molecule has 12 heavy (non-hydrogen) atoms. The van der Waals surface area contributed by atoms with Gasteiger partial charge in [-0.15, -0.1) is 0 Å². The molecule has 2 heteroatoms. The van der Waals surface area contributed by atoms with Crippen LogP contribution in [0.3, 0.4) is 0 Å². The highest BCUT2D eigenvalue weighted by atomic mass is 35.5. The van der Waals surface area contributed by atoms with Crippen LogP contribution in [0.4, 0.5) is 0 Å². The van der Waals surface area contributed by atoms with Gasteiger partial charge in [-0.25, -0.2) is 0 Å². The third-order valence-corrected chi connectivity index (χ3v) is 2.02. The second-order valence-electron chi connectivity index (χ2n) is 2.79. The zero-order chi connectivity index (χ0) is 8.81. The highest BCUT2D eigenvalue weighted by molar-refractivity contribution is 6.09. The highest BCUT2D eigenvalue weighted by Crippen LogP contribution is 2.20. The summed E-state index contributed by atoms with van der Waals surface area (Å²) in [6.07, 6.45) is 3.41. The molecule has 0 radical (unpaired) electrons. The number of hydrogen-bond acceptors (Lipinski definition) is 1. The minimum Gasteiger partial charge on any atom is -0.385 e. The van der Waals surface area contributed by atoms with E-state index in [1.165, 1.54) is 18.4 Å². The lowest BCUT2D eigenvalue weighted by Crippen LogP contribution is -1.87. The maximum Gasteiger partial charge on any atom is 0.149 e. The second kappa shape index (κ2) is 5.04. The van der Waals surface area contributed by atoms with Gasteiger partial charge in [0.15, 0.2) is 0 Å². The van der Waals surface area contributed by atoms with Crippen LogP contribution in [0.25, 0.3) is 0 Å². The summed E-state index contributed by atoms with van der Waals surface area (Å²) in [7, 11) is 0. The van der Waals surface area contributed by atoms with Gasteiger partial charge in [0.1, 0.15) is 17.6 Å². The van der Waals surface area contributed by atoms with E-state index in [-0.39, 0.29) is 0 Å². The van der Waals surface area contributed by atoms with Crippen molar-refractivity contribution < 1.29 is 4.29 Å². The maximum absolute atomic E-state index is 5.31. The summed E-state index contributed by atoms with van der Waals surface area (Å²) in [6, 6.07) is 7.86. The smallest absolute Gasteiger partial charge is 0.149 e. The van der Waals surface area contributed by atoms with Crippen molar-refractivity contribution >= 4 is 11.9 Å². The first kappa shape index (κ1) is 9.40.